The van der Waals surface area contributed by atoms with Gasteiger partial charge in [-0.15, -0.1) is 0 Å². The molecule has 0 amide bonds. The average molecular weight is 283 g/mol. The Hall–Kier alpha value is -0.820. The van der Waals surface area contributed by atoms with Gasteiger partial charge in [-0.1, -0.05) is 43.7 Å². The van der Waals surface area contributed by atoms with Crippen LogP contribution in [-0.4, -0.2) is 5.54 Å². The number of hydrogen-bond donors (Lipinski definition) is 1. The summed E-state index contributed by atoms with van der Waals surface area (Å²) < 4.78 is 0. The van der Waals surface area contributed by atoms with Crippen LogP contribution in [0.3, 0.4) is 0 Å². The van der Waals surface area contributed by atoms with Crippen LogP contribution in [0.2, 0.25) is 0 Å². The molecule has 4 bridgehead atoms. The van der Waals surface area contributed by atoms with Gasteiger partial charge in [-0.05, 0) is 67.8 Å². The van der Waals surface area contributed by atoms with E-state index in [0.29, 0.717) is 16.4 Å². The van der Waals surface area contributed by atoms with Crippen molar-refractivity contribution in [2.24, 2.45) is 16.7 Å². The van der Waals surface area contributed by atoms with E-state index in [0.717, 1.165) is 12.5 Å². The zero-order valence-corrected chi connectivity index (χ0v) is 13.8. The monoisotopic (exact) mass is 283 g/mol. The minimum atomic E-state index is 0.424. The zero-order chi connectivity index (χ0) is 14.7. The average Bonchev–Trinajstić information content (AvgIpc) is 2.34. The molecule has 114 valence electrons. The first-order valence-electron chi connectivity index (χ1n) is 8.69. The van der Waals surface area contributed by atoms with Gasteiger partial charge in [0.1, 0.15) is 0 Å². The van der Waals surface area contributed by atoms with Gasteiger partial charge in [-0.3, -0.25) is 0 Å². The maximum atomic E-state index is 4.01. The van der Waals surface area contributed by atoms with Gasteiger partial charge in [0.25, 0.3) is 0 Å². The van der Waals surface area contributed by atoms with Gasteiger partial charge < -0.3 is 5.32 Å². The fourth-order valence-corrected chi connectivity index (χ4v) is 6.64. The summed E-state index contributed by atoms with van der Waals surface area (Å²) in [5, 5.41) is 4.01. The molecule has 1 aromatic rings. The molecule has 0 aromatic heterocycles. The lowest BCUT2D eigenvalue weighted by atomic mass is 9.43. The van der Waals surface area contributed by atoms with E-state index in [9.17, 15) is 0 Å². The van der Waals surface area contributed by atoms with Crippen LogP contribution in [0.15, 0.2) is 24.3 Å². The highest BCUT2D eigenvalue weighted by molar-refractivity contribution is 5.22. The van der Waals surface area contributed by atoms with Crippen molar-refractivity contribution in [1.82, 2.24) is 5.32 Å². The Morgan fingerprint density at radius 3 is 2.14 bits per heavy atom. The van der Waals surface area contributed by atoms with Gasteiger partial charge in [0.05, 0.1) is 0 Å². The second kappa shape index (κ2) is 4.35. The van der Waals surface area contributed by atoms with Crippen molar-refractivity contribution in [1.29, 1.82) is 0 Å². The number of nitrogens with one attached hydrogen (secondary N) is 1. The van der Waals surface area contributed by atoms with Crippen LogP contribution >= 0.6 is 0 Å². The molecule has 1 N–H and O–H groups in total. The summed E-state index contributed by atoms with van der Waals surface area (Å²) in [6.45, 7) is 8.31. The van der Waals surface area contributed by atoms with Crippen molar-refractivity contribution in [3.05, 3.63) is 35.4 Å². The van der Waals surface area contributed by atoms with E-state index in [2.05, 4.69) is 50.4 Å². The van der Waals surface area contributed by atoms with Crippen molar-refractivity contribution in [2.75, 3.05) is 0 Å². The van der Waals surface area contributed by atoms with Crippen LogP contribution in [0.25, 0.3) is 0 Å². The van der Waals surface area contributed by atoms with Crippen LogP contribution in [0.4, 0.5) is 0 Å². The SMILES string of the molecule is Cc1ccc(CNC23CC4C[C@@](C)(C2)C[C@](C)(C4)C3)cc1. The van der Waals surface area contributed by atoms with Gasteiger partial charge in [-0.2, -0.15) is 0 Å². The lowest BCUT2D eigenvalue weighted by Gasteiger charge is -2.65. The Balaban J connectivity index is 1.53. The molecule has 1 heteroatoms. The summed E-state index contributed by atoms with van der Waals surface area (Å²) in [5.41, 5.74) is 4.43. The van der Waals surface area contributed by atoms with Gasteiger partial charge in [0.15, 0.2) is 0 Å². The van der Waals surface area contributed by atoms with E-state index in [4.69, 9.17) is 0 Å². The predicted molar refractivity (Wildman–Crippen MR) is 88.2 cm³/mol. The van der Waals surface area contributed by atoms with Crippen molar-refractivity contribution in [2.45, 2.75) is 71.4 Å². The van der Waals surface area contributed by atoms with E-state index in [1.54, 1.807) is 0 Å². The van der Waals surface area contributed by atoms with Crippen LogP contribution in [0, 0.1) is 23.7 Å². The molecular weight excluding hydrogens is 254 g/mol. The molecule has 0 radical (unpaired) electrons. The third-order valence-electron chi connectivity index (χ3n) is 6.41. The second-order valence-electron chi connectivity index (χ2n) is 9.25. The van der Waals surface area contributed by atoms with Gasteiger partial charge in [-0.25, -0.2) is 0 Å². The van der Waals surface area contributed by atoms with Crippen molar-refractivity contribution in [3.63, 3.8) is 0 Å². The highest BCUT2D eigenvalue weighted by Crippen LogP contribution is 2.66. The molecular formula is C20H29N. The first-order valence-corrected chi connectivity index (χ1v) is 8.69. The topological polar surface area (TPSA) is 12.0 Å². The molecule has 4 aliphatic carbocycles. The molecule has 4 atom stereocenters. The molecule has 1 aromatic carbocycles. The van der Waals surface area contributed by atoms with E-state index in [-0.39, 0.29) is 0 Å². The van der Waals surface area contributed by atoms with E-state index >= 15 is 0 Å². The first-order chi connectivity index (χ1) is 9.88. The summed E-state index contributed by atoms with van der Waals surface area (Å²) in [6.07, 6.45) is 8.65. The molecule has 0 spiro atoms. The summed E-state index contributed by atoms with van der Waals surface area (Å²) in [5.74, 6) is 0.974. The fraction of sp³-hybridized carbons (Fsp3) is 0.700. The van der Waals surface area contributed by atoms with Crippen LogP contribution in [0.1, 0.15) is 63.5 Å². The molecule has 4 saturated carbocycles. The normalized spacial score (nSPS) is 44.2. The quantitative estimate of drug-likeness (QED) is 0.837. The summed E-state index contributed by atoms with van der Waals surface area (Å²) in [6, 6.07) is 9.04. The Bertz CT molecular complexity index is 525. The third kappa shape index (κ3) is 2.44. The molecule has 0 heterocycles. The van der Waals surface area contributed by atoms with Gasteiger partial charge in [0, 0.05) is 12.1 Å². The summed E-state index contributed by atoms with van der Waals surface area (Å²) in [7, 11) is 0. The van der Waals surface area contributed by atoms with E-state index in [1.165, 1.54) is 49.7 Å². The van der Waals surface area contributed by atoms with E-state index < -0.39 is 0 Å². The minimum Gasteiger partial charge on any atom is -0.307 e. The molecule has 5 rings (SSSR count). The highest BCUT2D eigenvalue weighted by Gasteiger charge is 2.59. The van der Waals surface area contributed by atoms with Crippen molar-refractivity contribution < 1.29 is 0 Å². The standard InChI is InChI=1S/C20H29N/c1-15-4-6-16(7-5-15)11-21-20-10-17-8-18(2,13-20)12-19(3,9-17)14-20/h4-7,17,21H,8-14H2,1-3H3/t17?,18-,19+,20?. The predicted octanol–water partition coefficient (Wildman–Crippen LogP) is 4.83. The first kappa shape index (κ1) is 13.8. The molecule has 1 nitrogen and oxygen atoms in total. The lowest BCUT2D eigenvalue weighted by Crippen LogP contribution is -2.63. The van der Waals surface area contributed by atoms with Crippen LogP contribution < -0.4 is 5.32 Å². The molecule has 0 saturated heterocycles. The smallest absolute Gasteiger partial charge is 0.0210 e. The Labute approximate surface area is 129 Å². The fourth-order valence-electron chi connectivity index (χ4n) is 6.64. The highest BCUT2D eigenvalue weighted by atomic mass is 15.0. The largest absolute Gasteiger partial charge is 0.307 e. The lowest BCUT2D eigenvalue weighted by molar-refractivity contribution is -0.118. The Morgan fingerprint density at radius 2 is 1.57 bits per heavy atom. The van der Waals surface area contributed by atoms with Crippen molar-refractivity contribution >= 4 is 0 Å². The Morgan fingerprint density at radius 1 is 0.952 bits per heavy atom. The molecule has 2 unspecified atom stereocenters. The zero-order valence-electron chi connectivity index (χ0n) is 13.8. The second-order valence-corrected chi connectivity index (χ2v) is 9.25. The summed E-state index contributed by atoms with van der Waals surface area (Å²) in [4.78, 5) is 0. The number of aryl methyl sites for hydroxylation is 1. The molecule has 4 aliphatic rings. The third-order valence-corrected chi connectivity index (χ3v) is 6.41. The summed E-state index contributed by atoms with van der Waals surface area (Å²) >= 11 is 0. The van der Waals surface area contributed by atoms with Crippen molar-refractivity contribution in [3.8, 4) is 0 Å². The van der Waals surface area contributed by atoms with Crippen LogP contribution in [-0.2, 0) is 6.54 Å². The van der Waals surface area contributed by atoms with Gasteiger partial charge in [0.2, 0.25) is 0 Å². The molecule has 4 fully saturated rings. The maximum Gasteiger partial charge on any atom is 0.0210 e. The number of benzene rings is 1. The molecule has 21 heavy (non-hydrogen) atoms. The maximum absolute atomic E-state index is 4.01. The Kier molecular flexibility index (Phi) is 2.86. The number of hydrogen-bond acceptors (Lipinski definition) is 1. The van der Waals surface area contributed by atoms with Gasteiger partial charge >= 0.3 is 0 Å². The minimum absolute atomic E-state index is 0.424. The van der Waals surface area contributed by atoms with Crippen LogP contribution in [0.5, 0.6) is 0 Å². The number of rotatable bonds is 3. The molecule has 0 aliphatic heterocycles. The van der Waals surface area contributed by atoms with E-state index in [1.807, 2.05) is 0 Å².